The van der Waals surface area contributed by atoms with Gasteiger partial charge >= 0.3 is 6.18 Å². The molecule has 0 unspecified atom stereocenters. The number of aromatic nitrogens is 3. The average Bonchev–Trinajstić information content (AvgIpc) is 3.32. The minimum atomic E-state index is -4.80. The highest BCUT2D eigenvalue weighted by atomic mass is 19.4. The highest BCUT2D eigenvalue weighted by Crippen LogP contribution is 2.39. The molecule has 0 aliphatic carbocycles. The van der Waals surface area contributed by atoms with Crippen LogP contribution in [0.15, 0.2) is 24.5 Å². The number of benzene rings is 1. The number of amides is 1. The molecule has 3 heterocycles. The highest BCUT2D eigenvalue weighted by Gasteiger charge is 2.37. The van der Waals surface area contributed by atoms with Gasteiger partial charge in [0.25, 0.3) is 5.91 Å². The van der Waals surface area contributed by atoms with Crippen molar-refractivity contribution in [3.63, 3.8) is 0 Å². The van der Waals surface area contributed by atoms with Gasteiger partial charge in [0.1, 0.15) is 23.8 Å². The third-order valence-corrected chi connectivity index (χ3v) is 5.46. The number of rotatable bonds is 4. The molecule has 32 heavy (non-hydrogen) atoms. The van der Waals surface area contributed by atoms with Gasteiger partial charge in [-0.2, -0.15) is 18.3 Å². The maximum absolute atomic E-state index is 15.6. The smallest absolute Gasteiger partial charge is 0.382 e. The molecule has 2 atom stereocenters. The number of hydrogen-bond acceptors (Lipinski definition) is 5. The van der Waals surface area contributed by atoms with Crippen LogP contribution in [0.25, 0.3) is 16.8 Å². The zero-order valence-corrected chi connectivity index (χ0v) is 16.8. The Labute approximate surface area is 178 Å². The molecule has 170 valence electrons. The van der Waals surface area contributed by atoms with E-state index in [4.69, 9.17) is 5.73 Å². The van der Waals surface area contributed by atoms with Crippen LogP contribution in [0.5, 0.6) is 0 Å². The third-order valence-electron chi connectivity index (χ3n) is 5.46. The maximum Gasteiger partial charge on any atom is 0.418 e. The number of anilines is 1. The van der Waals surface area contributed by atoms with Crippen LogP contribution in [-0.4, -0.2) is 45.8 Å². The van der Waals surface area contributed by atoms with Crippen LogP contribution in [0.3, 0.4) is 0 Å². The lowest BCUT2D eigenvalue weighted by molar-refractivity contribution is -0.136. The predicted octanol–water partition coefficient (Wildman–Crippen LogP) is 2.74. The van der Waals surface area contributed by atoms with E-state index in [0.717, 1.165) is 10.8 Å². The van der Waals surface area contributed by atoms with Gasteiger partial charge in [-0.15, -0.1) is 0 Å². The van der Waals surface area contributed by atoms with Gasteiger partial charge in [-0.1, -0.05) is 13.0 Å². The molecule has 3 aromatic rings. The predicted molar refractivity (Wildman–Crippen MR) is 106 cm³/mol. The molecule has 1 amide bonds. The van der Waals surface area contributed by atoms with Gasteiger partial charge < -0.3 is 16.4 Å². The minimum absolute atomic E-state index is 0.0611. The molecular formula is C20H19F5N6O. The number of nitrogen functional groups attached to an aromatic ring is 1. The van der Waals surface area contributed by atoms with Gasteiger partial charge in [-0.05, 0) is 24.1 Å². The van der Waals surface area contributed by atoms with Gasteiger partial charge in [0.15, 0.2) is 5.82 Å². The summed E-state index contributed by atoms with van der Waals surface area (Å²) < 4.78 is 71.2. The first-order valence-electron chi connectivity index (χ1n) is 9.80. The average molecular weight is 454 g/mol. The van der Waals surface area contributed by atoms with E-state index >= 15 is 4.39 Å². The molecule has 7 nitrogen and oxygen atoms in total. The van der Waals surface area contributed by atoms with Crippen LogP contribution in [0.4, 0.5) is 27.8 Å². The number of carbonyl (C=O) groups is 1. The summed E-state index contributed by atoms with van der Waals surface area (Å²) >= 11 is 0. The highest BCUT2D eigenvalue weighted by molar-refractivity contribution is 5.98. The first kappa shape index (κ1) is 21.9. The lowest BCUT2D eigenvalue weighted by atomic mass is 9.98. The van der Waals surface area contributed by atoms with E-state index in [9.17, 15) is 22.4 Å². The van der Waals surface area contributed by atoms with E-state index in [2.05, 4.69) is 20.7 Å². The summed E-state index contributed by atoms with van der Waals surface area (Å²) in [5.74, 6) is -2.30. The standard InChI is InChI=1S/C20H19F5N6O/c1-2-9-3-4-10(16(22)15(9)19(32)30-13-7-27-6-12(13)21)14-5-11(20(23,24)25)17-18(26)28-8-29-31(14)17/h3-5,8,12-13,27H,2,6-7H2,1H3,(H,30,32)(H2,26,28,29)/t12-,13+/m0/s1. The van der Waals surface area contributed by atoms with Crippen LogP contribution < -0.4 is 16.4 Å². The zero-order valence-electron chi connectivity index (χ0n) is 16.8. The number of hydrogen-bond donors (Lipinski definition) is 3. The van der Waals surface area contributed by atoms with Crippen LogP contribution in [0.1, 0.15) is 28.4 Å². The molecule has 1 saturated heterocycles. The van der Waals surface area contributed by atoms with E-state index in [0.29, 0.717) is 11.6 Å². The van der Waals surface area contributed by atoms with Gasteiger partial charge in [0, 0.05) is 18.7 Å². The van der Waals surface area contributed by atoms with E-state index < -0.39 is 47.0 Å². The largest absolute Gasteiger partial charge is 0.418 e. The van der Waals surface area contributed by atoms with E-state index in [-0.39, 0.29) is 36.3 Å². The van der Waals surface area contributed by atoms with Gasteiger partial charge in [-0.25, -0.2) is 18.3 Å². The van der Waals surface area contributed by atoms with Crippen molar-refractivity contribution < 1.29 is 26.7 Å². The SMILES string of the molecule is CCc1ccc(-c2cc(C(F)(F)F)c3c(N)ncnn23)c(F)c1C(=O)N[C@@H]1CNC[C@@H]1F. The molecule has 2 aromatic heterocycles. The summed E-state index contributed by atoms with van der Waals surface area (Å²) in [6.07, 6.45) is -4.90. The Hall–Kier alpha value is -3.28. The lowest BCUT2D eigenvalue weighted by Gasteiger charge is -2.17. The third kappa shape index (κ3) is 3.64. The Morgan fingerprint density at radius 3 is 2.72 bits per heavy atom. The van der Waals surface area contributed by atoms with Crippen molar-refractivity contribution in [2.45, 2.75) is 31.7 Å². The molecule has 12 heteroatoms. The Balaban J connectivity index is 1.87. The molecule has 0 saturated carbocycles. The summed E-state index contributed by atoms with van der Waals surface area (Å²) in [6, 6.07) is 2.60. The number of carbonyl (C=O) groups excluding carboxylic acids is 1. The number of nitrogens with one attached hydrogen (secondary N) is 2. The van der Waals surface area contributed by atoms with Crippen LogP contribution in [0, 0.1) is 5.82 Å². The first-order chi connectivity index (χ1) is 15.1. The molecule has 1 aromatic carbocycles. The fraction of sp³-hybridized carbons (Fsp3) is 0.350. The van der Waals surface area contributed by atoms with E-state index in [1.807, 2.05) is 0 Å². The molecule has 4 N–H and O–H groups in total. The van der Waals surface area contributed by atoms with Gasteiger partial charge in [0.05, 0.1) is 22.9 Å². The maximum atomic E-state index is 15.6. The quantitative estimate of drug-likeness (QED) is 0.527. The van der Waals surface area contributed by atoms with Gasteiger partial charge in [-0.3, -0.25) is 4.79 Å². The normalized spacial score (nSPS) is 18.9. The molecule has 1 fully saturated rings. The van der Waals surface area contributed by atoms with Gasteiger partial charge in [0.2, 0.25) is 0 Å². The Morgan fingerprint density at radius 1 is 1.34 bits per heavy atom. The second-order valence-electron chi connectivity index (χ2n) is 7.42. The van der Waals surface area contributed by atoms with Crippen LogP contribution >= 0.6 is 0 Å². The summed E-state index contributed by atoms with van der Waals surface area (Å²) in [6.45, 7) is 1.94. The summed E-state index contributed by atoms with van der Waals surface area (Å²) in [5, 5.41) is 9.05. The van der Waals surface area contributed by atoms with Crippen molar-refractivity contribution in [2.75, 3.05) is 18.8 Å². The molecule has 0 spiro atoms. The fourth-order valence-corrected chi connectivity index (χ4v) is 3.86. The van der Waals surface area contributed by atoms with E-state index in [1.165, 1.54) is 12.1 Å². The molecular weight excluding hydrogens is 435 g/mol. The summed E-state index contributed by atoms with van der Waals surface area (Å²) in [4.78, 5) is 16.4. The first-order valence-corrected chi connectivity index (χ1v) is 9.80. The topological polar surface area (TPSA) is 97.3 Å². The molecule has 1 aliphatic rings. The fourth-order valence-electron chi connectivity index (χ4n) is 3.86. The van der Waals surface area contributed by atoms with Crippen molar-refractivity contribution in [3.8, 4) is 11.3 Å². The number of nitrogens with two attached hydrogens (primary N) is 1. The Morgan fingerprint density at radius 2 is 2.09 bits per heavy atom. The van der Waals surface area contributed by atoms with Crippen molar-refractivity contribution in [3.05, 3.63) is 47.0 Å². The molecule has 0 bridgehead atoms. The number of alkyl halides is 4. The molecule has 4 rings (SSSR count). The minimum Gasteiger partial charge on any atom is -0.382 e. The van der Waals surface area contributed by atoms with Crippen molar-refractivity contribution in [1.29, 1.82) is 0 Å². The molecule has 1 aliphatic heterocycles. The second-order valence-corrected chi connectivity index (χ2v) is 7.42. The number of fused-ring (bicyclic) bond motifs is 1. The van der Waals surface area contributed by atoms with Crippen molar-refractivity contribution >= 4 is 17.2 Å². The summed E-state index contributed by atoms with van der Waals surface area (Å²) in [7, 11) is 0. The monoisotopic (exact) mass is 454 g/mol. The Kier molecular flexibility index (Phi) is 5.49. The lowest BCUT2D eigenvalue weighted by Crippen LogP contribution is -2.41. The van der Waals surface area contributed by atoms with Crippen LogP contribution in [0.2, 0.25) is 0 Å². The van der Waals surface area contributed by atoms with Crippen molar-refractivity contribution in [2.24, 2.45) is 0 Å². The second kappa shape index (κ2) is 8.01. The Bertz CT molecular complexity index is 1190. The molecule has 0 radical (unpaired) electrons. The summed E-state index contributed by atoms with van der Waals surface area (Å²) in [5.41, 5.74) is 3.44. The van der Waals surface area contributed by atoms with E-state index in [1.54, 1.807) is 6.92 Å². The number of nitrogens with zero attached hydrogens (tertiary/aromatic N) is 3. The van der Waals surface area contributed by atoms with Crippen LogP contribution in [-0.2, 0) is 12.6 Å². The number of aryl methyl sites for hydroxylation is 1. The number of halogens is 5. The zero-order chi connectivity index (χ0) is 23.2. The van der Waals surface area contributed by atoms with Crippen molar-refractivity contribution in [1.82, 2.24) is 25.2 Å².